The smallest absolute Gasteiger partial charge is 0.338 e. The van der Waals surface area contributed by atoms with Gasteiger partial charge in [0.1, 0.15) is 0 Å². The number of carboxylic acids is 1. The molecule has 6 rings (SSSR count). The van der Waals surface area contributed by atoms with Crippen LogP contribution in [0.15, 0.2) is 121 Å². The molecule has 1 N–H and O–H groups in total. The molecule has 208 valence electrons. The molecule has 42 heavy (non-hydrogen) atoms. The third kappa shape index (κ3) is 4.79. The van der Waals surface area contributed by atoms with Crippen molar-refractivity contribution in [2.75, 3.05) is 6.61 Å². The molecule has 5 aromatic rings. The van der Waals surface area contributed by atoms with Gasteiger partial charge in [0, 0.05) is 6.42 Å². The van der Waals surface area contributed by atoms with Crippen molar-refractivity contribution in [1.82, 2.24) is 0 Å². The van der Waals surface area contributed by atoms with Crippen LogP contribution in [0.25, 0.3) is 11.1 Å². The lowest BCUT2D eigenvalue weighted by molar-refractivity contribution is 0.0508. The van der Waals surface area contributed by atoms with E-state index in [4.69, 9.17) is 9.84 Å². The molecule has 0 atom stereocenters. The lowest BCUT2D eigenvalue weighted by atomic mass is 9.67. The Balaban J connectivity index is 1.30. The average Bonchev–Trinajstić information content (AvgIpc) is 3.33. The summed E-state index contributed by atoms with van der Waals surface area (Å²) in [6.45, 7) is 2.44. The first-order valence-electron chi connectivity index (χ1n) is 14.4. The predicted octanol–water partition coefficient (Wildman–Crippen LogP) is 8.10. The van der Waals surface area contributed by atoms with E-state index in [0.717, 1.165) is 18.4 Å². The molecular weight excluding hydrogens is 520 g/mol. The molecule has 0 amide bonds. The number of aromatic carboxylic acids is 1. The fraction of sp³-hybridized carbons (Fsp3) is 0.158. The summed E-state index contributed by atoms with van der Waals surface area (Å²) >= 11 is 0. The van der Waals surface area contributed by atoms with Crippen LogP contribution < -0.4 is 0 Å². The molecule has 0 saturated heterocycles. The molecule has 4 heteroatoms. The van der Waals surface area contributed by atoms with Crippen LogP contribution in [-0.2, 0) is 23.0 Å². The summed E-state index contributed by atoms with van der Waals surface area (Å²) in [5.74, 6) is -1.49. The van der Waals surface area contributed by atoms with Gasteiger partial charge in [-0.25, -0.2) is 9.59 Å². The maximum Gasteiger partial charge on any atom is 0.338 e. The van der Waals surface area contributed by atoms with Crippen LogP contribution in [0.1, 0.15) is 67.4 Å². The highest BCUT2D eigenvalue weighted by Crippen LogP contribution is 2.55. The van der Waals surface area contributed by atoms with Gasteiger partial charge in [-0.05, 0) is 75.2 Å². The molecule has 1 aliphatic rings. The van der Waals surface area contributed by atoms with Crippen molar-refractivity contribution >= 4 is 11.9 Å². The van der Waals surface area contributed by atoms with Gasteiger partial charge in [-0.15, -0.1) is 0 Å². The summed E-state index contributed by atoms with van der Waals surface area (Å²) in [4.78, 5) is 23.5. The largest absolute Gasteiger partial charge is 0.478 e. The SMILES string of the molecule is CCCc1ccc(C2(c3ccc(CCOC(=O)c4ccc(C(=O)O)cc4)cc3)c3ccccc3-c3ccccc32)cc1. The van der Waals surface area contributed by atoms with E-state index in [2.05, 4.69) is 104 Å². The molecular formula is C38H32O4. The van der Waals surface area contributed by atoms with E-state index in [1.165, 1.54) is 63.2 Å². The second-order valence-corrected chi connectivity index (χ2v) is 10.8. The Morgan fingerprint density at radius 1 is 0.619 bits per heavy atom. The Hall–Kier alpha value is -4.96. The number of ether oxygens (including phenoxy) is 1. The first-order chi connectivity index (χ1) is 20.5. The van der Waals surface area contributed by atoms with Crippen molar-refractivity contribution in [3.8, 4) is 11.1 Å². The fourth-order valence-corrected chi connectivity index (χ4v) is 6.25. The highest BCUT2D eigenvalue weighted by atomic mass is 16.5. The van der Waals surface area contributed by atoms with Gasteiger partial charge in [0.15, 0.2) is 0 Å². The molecule has 0 aromatic heterocycles. The minimum Gasteiger partial charge on any atom is -0.478 e. The van der Waals surface area contributed by atoms with Gasteiger partial charge in [-0.1, -0.05) is 110 Å². The lowest BCUT2D eigenvalue weighted by Gasteiger charge is -2.34. The summed E-state index contributed by atoms with van der Waals surface area (Å²) in [7, 11) is 0. The van der Waals surface area contributed by atoms with E-state index in [1.54, 1.807) is 0 Å². The monoisotopic (exact) mass is 552 g/mol. The molecule has 0 radical (unpaired) electrons. The number of benzene rings is 5. The number of carbonyl (C=O) groups excluding carboxylic acids is 1. The standard InChI is InChI=1S/C38H32O4/c1-2-7-26-12-20-30(21-13-26)38(34-10-5-3-8-32(34)33-9-4-6-11-35(33)38)31-22-14-27(15-23-31)24-25-42-37(41)29-18-16-28(17-19-29)36(39)40/h3-6,8-23H,2,7,24-25H2,1H3,(H,39,40). The molecule has 0 spiro atoms. The van der Waals surface area contributed by atoms with Crippen molar-refractivity contribution in [2.24, 2.45) is 0 Å². The molecule has 0 unspecified atom stereocenters. The van der Waals surface area contributed by atoms with Gasteiger partial charge in [0.25, 0.3) is 0 Å². The number of rotatable bonds is 9. The Kier molecular flexibility index (Phi) is 7.45. The fourth-order valence-electron chi connectivity index (χ4n) is 6.25. The van der Waals surface area contributed by atoms with Gasteiger partial charge in [0.2, 0.25) is 0 Å². The van der Waals surface area contributed by atoms with Crippen molar-refractivity contribution in [1.29, 1.82) is 0 Å². The van der Waals surface area contributed by atoms with E-state index < -0.39 is 17.4 Å². The number of aryl methyl sites for hydroxylation is 1. The van der Waals surface area contributed by atoms with Gasteiger partial charge in [0.05, 0.1) is 23.1 Å². The molecule has 0 aliphatic heterocycles. The Morgan fingerprint density at radius 2 is 1.10 bits per heavy atom. The summed E-state index contributed by atoms with van der Waals surface area (Å²) in [5, 5.41) is 9.06. The molecule has 0 fully saturated rings. The summed E-state index contributed by atoms with van der Waals surface area (Å²) < 4.78 is 5.49. The second kappa shape index (κ2) is 11.5. The summed E-state index contributed by atoms with van der Waals surface area (Å²) in [6.07, 6.45) is 2.75. The lowest BCUT2D eigenvalue weighted by Crippen LogP contribution is -2.28. The summed E-state index contributed by atoms with van der Waals surface area (Å²) in [5.41, 5.74) is 9.98. The van der Waals surface area contributed by atoms with Crippen molar-refractivity contribution in [3.63, 3.8) is 0 Å². The number of hydrogen-bond donors (Lipinski definition) is 1. The van der Waals surface area contributed by atoms with E-state index in [9.17, 15) is 9.59 Å². The summed E-state index contributed by atoms with van der Waals surface area (Å²) in [6, 6.07) is 41.0. The topological polar surface area (TPSA) is 63.6 Å². The number of carbonyl (C=O) groups is 2. The van der Waals surface area contributed by atoms with Gasteiger partial charge in [-0.3, -0.25) is 0 Å². The number of fused-ring (bicyclic) bond motifs is 3. The number of esters is 1. The first kappa shape index (κ1) is 27.2. The van der Waals surface area contributed by atoms with Crippen molar-refractivity contribution in [2.45, 2.75) is 31.6 Å². The van der Waals surface area contributed by atoms with E-state index in [-0.39, 0.29) is 12.2 Å². The van der Waals surface area contributed by atoms with Crippen LogP contribution >= 0.6 is 0 Å². The van der Waals surface area contributed by atoms with Crippen LogP contribution in [0.5, 0.6) is 0 Å². The molecule has 0 saturated carbocycles. The van der Waals surface area contributed by atoms with Crippen LogP contribution in [0.2, 0.25) is 0 Å². The third-order valence-electron chi connectivity index (χ3n) is 8.26. The molecule has 5 aromatic carbocycles. The Labute approximate surface area is 246 Å². The van der Waals surface area contributed by atoms with E-state index >= 15 is 0 Å². The number of carboxylic acid groups (broad SMARTS) is 1. The number of hydrogen-bond acceptors (Lipinski definition) is 3. The van der Waals surface area contributed by atoms with Crippen LogP contribution in [0.4, 0.5) is 0 Å². The van der Waals surface area contributed by atoms with Crippen molar-refractivity contribution in [3.05, 3.63) is 166 Å². The van der Waals surface area contributed by atoms with Crippen LogP contribution in [0, 0.1) is 0 Å². The first-order valence-corrected chi connectivity index (χ1v) is 14.4. The average molecular weight is 553 g/mol. The third-order valence-corrected chi connectivity index (χ3v) is 8.26. The quantitative estimate of drug-likeness (QED) is 0.184. The maximum atomic E-state index is 12.5. The minimum absolute atomic E-state index is 0.133. The highest BCUT2D eigenvalue weighted by molar-refractivity contribution is 5.92. The Bertz CT molecular complexity index is 1690. The minimum atomic E-state index is -1.03. The predicted molar refractivity (Wildman–Crippen MR) is 165 cm³/mol. The van der Waals surface area contributed by atoms with Crippen LogP contribution in [-0.4, -0.2) is 23.7 Å². The normalized spacial score (nSPS) is 12.8. The highest BCUT2D eigenvalue weighted by Gasteiger charge is 2.45. The molecule has 1 aliphatic carbocycles. The van der Waals surface area contributed by atoms with Crippen molar-refractivity contribution < 1.29 is 19.4 Å². The van der Waals surface area contributed by atoms with Gasteiger partial charge in [-0.2, -0.15) is 0 Å². The van der Waals surface area contributed by atoms with Gasteiger partial charge >= 0.3 is 11.9 Å². The second-order valence-electron chi connectivity index (χ2n) is 10.8. The molecule has 0 heterocycles. The maximum absolute atomic E-state index is 12.5. The van der Waals surface area contributed by atoms with E-state index in [0.29, 0.717) is 12.0 Å². The molecule has 0 bridgehead atoms. The zero-order valence-electron chi connectivity index (χ0n) is 23.5. The van der Waals surface area contributed by atoms with Gasteiger partial charge < -0.3 is 9.84 Å². The zero-order valence-corrected chi connectivity index (χ0v) is 23.5. The van der Waals surface area contributed by atoms with Crippen LogP contribution in [0.3, 0.4) is 0 Å². The zero-order chi connectivity index (χ0) is 29.1. The Morgan fingerprint density at radius 3 is 1.60 bits per heavy atom. The molecule has 4 nitrogen and oxygen atoms in total. The van der Waals surface area contributed by atoms with E-state index in [1.807, 2.05) is 0 Å².